The normalized spacial score (nSPS) is 14.3. The number of carbonyl (C=O) groups is 2. The van der Waals surface area contributed by atoms with Crippen molar-refractivity contribution in [2.75, 3.05) is 37.7 Å². The molecule has 0 aliphatic carbocycles. The average Bonchev–Trinajstić information content (AvgIpc) is 3.37. The number of anilines is 1. The van der Waals surface area contributed by atoms with Crippen molar-refractivity contribution in [1.29, 1.82) is 0 Å². The molecule has 0 unspecified atom stereocenters. The quantitative estimate of drug-likeness (QED) is 0.415. The number of hydrogen-bond acceptors (Lipinski definition) is 5. The number of piperazine rings is 1. The van der Waals surface area contributed by atoms with Crippen LogP contribution in [0.25, 0.3) is 11.6 Å². The van der Waals surface area contributed by atoms with Gasteiger partial charge in [-0.3, -0.25) is 4.79 Å². The van der Waals surface area contributed by atoms with E-state index in [-0.39, 0.29) is 18.3 Å². The lowest BCUT2D eigenvalue weighted by atomic mass is 10.1. The van der Waals surface area contributed by atoms with E-state index in [2.05, 4.69) is 17.0 Å². The molecule has 2 aromatic carbocycles. The van der Waals surface area contributed by atoms with E-state index in [4.69, 9.17) is 4.74 Å². The first-order chi connectivity index (χ1) is 15.6. The molecule has 2 heterocycles. The summed E-state index contributed by atoms with van der Waals surface area (Å²) in [5.74, 6) is -1.13. The molecule has 1 saturated heterocycles. The number of benzene rings is 2. The highest BCUT2D eigenvalue weighted by Gasteiger charge is 2.23. The number of para-hydroxylation sites is 1. The van der Waals surface area contributed by atoms with Gasteiger partial charge in [0.15, 0.2) is 6.61 Å². The third-order valence-corrected chi connectivity index (χ3v) is 6.17. The monoisotopic (exact) mass is 450 g/mol. The Bertz CT molecular complexity index is 1070. The van der Waals surface area contributed by atoms with Gasteiger partial charge in [-0.25, -0.2) is 9.18 Å². The molecule has 1 aliphatic heterocycles. The highest BCUT2D eigenvalue weighted by molar-refractivity contribution is 7.11. The SMILES string of the molecule is O=C(OCC(=O)N1CCN(c2ccccc2)CC1)/C(=C/c1ccc(F)cc1)c1cccs1. The van der Waals surface area contributed by atoms with Crippen molar-refractivity contribution in [1.82, 2.24) is 4.90 Å². The predicted octanol–water partition coefficient (Wildman–Crippen LogP) is 4.32. The Kier molecular flexibility index (Phi) is 6.97. The molecule has 0 saturated carbocycles. The summed E-state index contributed by atoms with van der Waals surface area (Å²) < 4.78 is 18.6. The van der Waals surface area contributed by atoms with Gasteiger partial charge in [-0.05, 0) is 47.4 Å². The van der Waals surface area contributed by atoms with E-state index in [9.17, 15) is 14.0 Å². The third-order valence-electron chi connectivity index (χ3n) is 5.27. The number of thiophene rings is 1. The van der Waals surface area contributed by atoms with Crippen LogP contribution in [-0.2, 0) is 14.3 Å². The summed E-state index contributed by atoms with van der Waals surface area (Å²) in [5.41, 5.74) is 2.15. The van der Waals surface area contributed by atoms with Gasteiger partial charge in [-0.1, -0.05) is 36.4 Å². The van der Waals surface area contributed by atoms with Gasteiger partial charge in [0.2, 0.25) is 0 Å². The van der Waals surface area contributed by atoms with E-state index in [0.717, 1.165) is 23.7 Å². The molecule has 0 N–H and O–H groups in total. The van der Waals surface area contributed by atoms with Crippen LogP contribution in [0.5, 0.6) is 0 Å². The predicted molar refractivity (Wildman–Crippen MR) is 125 cm³/mol. The lowest BCUT2D eigenvalue weighted by Crippen LogP contribution is -2.49. The smallest absolute Gasteiger partial charge is 0.340 e. The van der Waals surface area contributed by atoms with Gasteiger partial charge in [-0.2, -0.15) is 0 Å². The number of esters is 1. The van der Waals surface area contributed by atoms with Crippen LogP contribution in [0.3, 0.4) is 0 Å². The van der Waals surface area contributed by atoms with Gasteiger partial charge in [0, 0.05) is 36.7 Å². The highest BCUT2D eigenvalue weighted by atomic mass is 32.1. The summed E-state index contributed by atoms with van der Waals surface area (Å²) in [5, 5.41) is 1.86. The van der Waals surface area contributed by atoms with E-state index < -0.39 is 5.97 Å². The lowest BCUT2D eigenvalue weighted by molar-refractivity contribution is -0.147. The molecule has 5 nitrogen and oxygen atoms in total. The number of ether oxygens (including phenoxy) is 1. The number of halogens is 1. The molecule has 32 heavy (non-hydrogen) atoms. The number of hydrogen-bond donors (Lipinski definition) is 0. The van der Waals surface area contributed by atoms with E-state index >= 15 is 0 Å². The number of amides is 1. The molecule has 1 aliphatic rings. The van der Waals surface area contributed by atoms with Crippen LogP contribution in [-0.4, -0.2) is 49.6 Å². The maximum absolute atomic E-state index is 13.2. The molecule has 164 valence electrons. The number of carbonyl (C=O) groups excluding carboxylic acids is 2. The van der Waals surface area contributed by atoms with Crippen LogP contribution >= 0.6 is 11.3 Å². The van der Waals surface area contributed by atoms with Crippen molar-refractivity contribution in [2.45, 2.75) is 0 Å². The van der Waals surface area contributed by atoms with Crippen LogP contribution in [0.2, 0.25) is 0 Å². The topological polar surface area (TPSA) is 49.9 Å². The number of nitrogens with zero attached hydrogens (tertiary/aromatic N) is 2. The van der Waals surface area contributed by atoms with Crippen molar-refractivity contribution in [3.63, 3.8) is 0 Å². The molecule has 1 aromatic heterocycles. The van der Waals surface area contributed by atoms with E-state index in [1.54, 1.807) is 23.1 Å². The van der Waals surface area contributed by atoms with E-state index in [0.29, 0.717) is 24.2 Å². The molecule has 0 radical (unpaired) electrons. The van der Waals surface area contributed by atoms with Crippen molar-refractivity contribution < 1.29 is 18.7 Å². The van der Waals surface area contributed by atoms with E-state index in [1.807, 2.05) is 35.7 Å². The fraction of sp³-hybridized carbons (Fsp3) is 0.200. The van der Waals surface area contributed by atoms with Gasteiger partial charge < -0.3 is 14.5 Å². The summed E-state index contributed by atoms with van der Waals surface area (Å²) in [6.07, 6.45) is 1.65. The molecule has 0 spiro atoms. The Labute approximate surface area is 190 Å². The summed E-state index contributed by atoms with van der Waals surface area (Å²) >= 11 is 1.40. The fourth-order valence-corrected chi connectivity index (χ4v) is 4.27. The van der Waals surface area contributed by atoms with Gasteiger partial charge in [0.05, 0.1) is 5.57 Å². The van der Waals surface area contributed by atoms with Crippen molar-refractivity contribution in [2.24, 2.45) is 0 Å². The second kappa shape index (κ2) is 10.2. The maximum atomic E-state index is 13.2. The Morgan fingerprint density at radius 1 is 0.938 bits per heavy atom. The Morgan fingerprint density at radius 3 is 2.31 bits per heavy atom. The zero-order valence-corrected chi connectivity index (χ0v) is 18.3. The van der Waals surface area contributed by atoms with Gasteiger partial charge in [-0.15, -0.1) is 11.3 Å². The molecule has 1 fully saturated rings. The minimum atomic E-state index is -0.576. The first kappa shape index (κ1) is 21.8. The first-order valence-electron chi connectivity index (χ1n) is 10.4. The lowest BCUT2D eigenvalue weighted by Gasteiger charge is -2.36. The van der Waals surface area contributed by atoms with Crippen LogP contribution < -0.4 is 4.90 Å². The molecule has 3 aromatic rings. The molecule has 7 heteroatoms. The first-order valence-corrected chi connectivity index (χ1v) is 11.2. The van der Waals surface area contributed by atoms with Gasteiger partial charge >= 0.3 is 5.97 Å². The second-order valence-electron chi connectivity index (χ2n) is 7.37. The standard InChI is InChI=1S/C25H23FN2O3S/c26-20-10-8-19(9-11-20)17-22(23-7-4-16-32-23)25(30)31-18-24(29)28-14-12-27(13-15-28)21-5-2-1-3-6-21/h1-11,16-17H,12-15,18H2/b22-17+. The minimum Gasteiger partial charge on any atom is -0.452 e. The Morgan fingerprint density at radius 2 is 1.66 bits per heavy atom. The summed E-state index contributed by atoms with van der Waals surface area (Å²) in [4.78, 5) is 30.1. The second-order valence-corrected chi connectivity index (χ2v) is 8.31. The molecule has 0 atom stereocenters. The van der Waals surface area contributed by atoms with Gasteiger partial charge in [0.25, 0.3) is 5.91 Å². The zero-order valence-electron chi connectivity index (χ0n) is 17.4. The summed E-state index contributed by atoms with van der Waals surface area (Å²) in [6.45, 7) is 2.31. The van der Waals surface area contributed by atoms with Crippen molar-refractivity contribution in [3.8, 4) is 0 Å². The largest absolute Gasteiger partial charge is 0.452 e. The maximum Gasteiger partial charge on any atom is 0.340 e. The zero-order chi connectivity index (χ0) is 22.3. The molecule has 4 rings (SSSR count). The highest BCUT2D eigenvalue weighted by Crippen LogP contribution is 2.24. The Hall–Kier alpha value is -3.45. The van der Waals surface area contributed by atoms with Crippen molar-refractivity contribution in [3.05, 3.63) is 88.4 Å². The van der Waals surface area contributed by atoms with E-state index in [1.165, 1.54) is 23.5 Å². The summed E-state index contributed by atoms with van der Waals surface area (Å²) in [6, 6.07) is 19.6. The van der Waals surface area contributed by atoms with Crippen LogP contribution in [0.4, 0.5) is 10.1 Å². The molecule has 0 bridgehead atoms. The third kappa shape index (κ3) is 5.42. The summed E-state index contributed by atoms with van der Waals surface area (Å²) in [7, 11) is 0. The molecular formula is C25H23FN2O3S. The van der Waals surface area contributed by atoms with Gasteiger partial charge in [0.1, 0.15) is 5.82 Å². The number of rotatable bonds is 6. The molecule has 1 amide bonds. The van der Waals surface area contributed by atoms with Crippen LogP contribution in [0.15, 0.2) is 72.1 Å². The van der Waals surface area contributed by atoms with Crippen LogP contribution in [0, 0.1) is 5.82 Å². The average molecular weight is 451 g/mol. The Balaban J connectivity index is 1.36. The molecular weight excluding hydrogens is 427 g/mol. The fourth-order valence-electron chi connectivity index (χ4n) is 3.54. The van der Waals surface area contributed by atoms with Crippen molar-refractivity contribution >= 4 is 40.5 Å². The minimum absolute atomic E-state index is 0.210. The van der Waals surface area contributed by atoms with Crippen LogP contribution in [0.1, 0.15) is 10.4 Å².